The second-order valence-corrected chi connectivity index (χ2v) is 7.14. The van der Waals surface area contributed by atoms with Crippen LogP contribution in [0.15, 0.2) is 69.1 Å². The summed E-state index contributed by atoms with van der Waals surface area (Å²) < 4.78 is 6.52. The van der Waals surface area contributed by atoms with Crippen LogP contribution in [0.4, 0.5) is 5.69 Å². The van der Waals surface area contributed by atoms with E-state index in [4.69, 9.17) is 27.6 Å². The molecule has 0 saturated carbocycles. The Balaban J connectivity index is 1.84. The van der Waals surface area contributed by atoms with E-state index >= 15 is 0 Å². The van der Waals surface area contributed by atoms with Crippen LogP contribution in [0.2, 0.25) is 10.0 Å². The Morgan fingerprint density at radius 3 is 2.67 bits per heavy atom. The molecule has 4 nitrogen and oxygen atoms in total. The molecule has 2 aromatic carbocycles. The molecule has 0 aliphatic carbocycles. The molecule has 0 radical (unpaired) electrons. The Morgan fingerprint density at radius 1 is 1.15 bits per heavy atom. The second-order valence-electron chi connectivity index (χ2n) is 5.44. The van der Waals surface area contributed by atoms with Gasteiger partial charge >= 0.3 is 0 Å². The number of halogens is 3. The monoisotopic (exact) mass is 460 g/mol. The molecule has 7 heteroatoms. The van der Waals surface area contributed by atoms with Crippen molar-refractivity contribution in [3.8, 4) is 17.4 Å². The van der Waals surface area contributed by atoms with Crippen LogP contribution < -0.4 is 5.32 Å². The third-order valence-corrected chi connectivity index (χ3v) is 4.89. The molecule has 134 valence electrons. The van der Waals surface area contributed by atoms with E-state index < -0.39 is 5.91 Å². The van der Waals surface area contributed by atoms with Crippen LogP contribution in [0.1, 0.15) is 5.76 Å². The summed E-state index contributed by atoms with van der Waals surface area (Å²) in [7, 11) is 0. The summed E-state index contributed by atoms with van der Waals surface area (Å²) in [5.41, 5.74) is 1.11. The quantitative estimate of drug-likeness (QED) is 0.353. The number of nitriles is 1. The Hall–Kier alpha value is -2.52. The van der Waals surface area contributed by atoms with Gasteiger partial charge in [-0.2, -0.15) is 5.26 Å². The zero-order chi connectivity index (χ0) is 19.4. The van der Waals surface area contributed by atoms with Crippen molar-refractivity contribution in [3.05, 3.63) is 80.4 Å². The fourth-order valence-electron chi connectivity index (χ4n) is 2.32. The van der Waals surface area contributed by atoms with Crippen LogP contribution in [-0.4, -0.2) is 5.91 Å². The Kier molecular flexibility index (Phi) is 6.02. The second kappa shape index (κ2) is 8.45. The van der Waals surface area contributed by atoms with E-state index in [9.17, 15) is 10.1 Å². The van der Waals surface area contributed by atoms with Crippen LogP contribution in [0.5, 0.6) is 0 Å². The standard InChI is InChI=1S/C20H11BrCl2N2O2/c21-13-3-1-4-14(10-13)25-20(26)12(11-24)9-15-7-8-18(27-15)16-5-2-6-17(22)19(16)23/h1-10H,(H,25,26)/b12-9+. The number of furan rings is 1. The van der Waals surface area contributed by atoms with Crippen molar-refractivity contribution < 1.29 is 9.21 Å². The molecule has 3 rings (SSSR count). The summed E-state index contributed by atoms with van der Waals surface area (Å²) >= 11 is 15.5. The van der Waals surface area contributed by atoms with Crippen LogP contribution in [0, 0.1) is 11.3 Å². The minimum Gasteiger partial charge on any atom is -0.457 e. The number of benzene rings is 2. The number of hydrogen-bond donors (Lipinski definition) is 1. The van der Waals surface area contributed by atoms with Gasteiger partial charge in [0, 0.05) is 21.8 Å². The molecule has 0 bridgehead atoms. The largest absolute Gasteiger partial charge is 0.457 e. The molecule has 27 heavy (non-hydrogen) atoms. The zero-order valence-corrected chi connectivity index (χ0v) is 16.8. The predicted octanol–water partition coefficient (Wildman–Crippen LogP) is 6.56. The lowest BCUT2D eigenvalue weighted by atomic mass is 10.2. The molecule has 0 fully saturated rings. The van der Waals surface area contributed by atoms with E-state index in [0.29, 0.717) is 32.8 Å². The highest BCUT2D eigenvalue weighted by molar-refractivity contribution is 9.10. The number of hydrogen-bond acceptors (Lipinski definition) is 3. The molecule has 0 atom stereocenters. The normalized spacial score (nSPS) is 11.1. The number of nitrogens with one attached hydrogen (secondary N) is 1. The summed E-state index contributed by atoms with van der Waals surface area (Å²) in [6.45, 7) is 0. The molecule has 1 amide bonds. The average molecular weight is 462 g/mol. The first-order valence-corrected chi connectivity index (χ1v) is 9.26. The molecule has 1 heterocycles. The first-order valence-electron chi connectivity index (χ1n) is 7.71. The Bertz CT molecular complexity index is 1080. The van der Waals surface area contributed by atoms with Gasteiger partial charge in [0.05, 0.1) is 10.0 Å². The number of anilines is 1. The molecule has 0 aliphatic heterocycles. The molecule has 0 unspecified atom stereocenters. The first-order chi connectivity index (χ1) is 13.0. The van der Waals surface area contributed by atoms with Gasteiger partial charge in [0.15, 0.2) is 0 Å². The van der Waals surface area contributed by atoms with Crippen molar-refractivity contribution in [3.63, 3.8) is 0 Å². The molecule has 3 aromatic rings. The van der Waals surface area contributed by atoms with E-state index in [1.807, 2.05) is 12.1 Å². The maximum Gasteiger partial charge on any atom is 0.266 e. The molecular formula is C20H11BrCl2N2O2. The van der Waals surface area contributed by atoms with Gasteiger partial charge in [0.1, 0.15) is 23.2 Å². The molecule has 0 aliphatic rings. The summed E-state index contributed by atoms with van der Waals surface area (Å²) in [5, 5.41) is 12.8. The van der Waals surface area contributed by atoms with Gasteiger partial charge in [-0.1, -0.05) is 51.3 Å². The fraction of sp³-hybridized carbons (Fsp3) is 0. The molecule has 1 aromatic heterocycles. The van der Waals surface area contributed by atoms with E-state index in [1.54, 1.807) is 48.5 Å². The van der Waals surface area contributed by atoms with Gasteiger partial charge in [0.2, 0.25) is 0 Å². The number of nitrogens with zero attached hydrogens (tertiary/aromatic N) is 1. The fourth-order valence-corrected chi connectivity index (χ4v) is 3.12. The number of amides is 1. The lowest BCUT2D eigenvalue weighted by molar-refractivity contribution is -0.112. The van der Waals surface area contributed by atoms with Crippen molar-refractivity contribution in [2.45, 2.75) is 0 Å². The minimum absolute atomic E-state index is 0.0898. The smallest absolute Gasteiger partial charge is 0.266 e. The van der Waals surface area contributed by atoms with Crippen molar-refractivity contribution >= 4 is 56.8 Å². The highest BCUT2D eigenvalue weighted by Gasteiger charge is 2.13. The van der Waals surface area contributed by atoms with Gasteiger partial charge in [-0.3, -0.25) is 4.79 Å². The Labute approximate surface area is 174 Å². The van der Waals surface area contributed by atoms with Crippen molar-refractivity contribution in [1.82, 2.24) is 0 Å². The number of rotatable bonds is 4. The highest BCUT2D eigenvalue weighted by atomic mass is 79.9. The molecular weight excluding hydrogens is 451 g/mol. The third-order valence-electron chi connectivity index (χ3n) is 3.58. The van der Waals surface area contributed by atoms with E-state index in [2.05, 4.69) is 21.2 Å². The highest BCUT2D eigenvalue weighted by Crippen LogP contribution is 2.34. The molecule has 1 N–H and O–H groups in total. The maximum atomic E-state index is 12.3. The lowest BCUT2D eigenvalue weighted by Crippen LogP contribution is -2.13. The summed E-state index contributed by atoms with van der Waals surface area (Å²) in [5.74, 6) is 0.301. The van der Waals surface area contributed by atoms with E-state index in [1.165, 1.54) is 6.08 Å². The van der Waals surface area contributed by atoms with Crippen molar-refractivity contribution in [1.29, 1.82) is 5.26 Å². The molecule has 0 saturated heterocycles. The van der Waals surface area contributed by atoms with Crippen LogP contribution in [-0.2, 0) is 4.79 Å². The zero-order valence-electron chi connectivity index (χ0n) is 13.7. The summed E-state index contributed by atoms with van der Waals surface area (Å²) in [6, 6.07) is 17.5. The minimum atomic E-state index is -0.533. The molecule has 0 spiro atoms. The van der Waals surface area contributed by atoms with Gasteiger partial charge in [-0.05, 0) is 42.5 Å². The average Bonchev–Trinajstić information content (AvgIpc) is 3.10. The maximum absolute atomic E-state index is 12.3. The van der Waals surface area contributed by atoms with Gasteiger partial charge < -0.3 is 9.73 Å². The van der Waals surface area contributed by atoms with Crippen molar-refractivity contribution in [2.24, 2.45) is 0 Å². The Morgan fingerprint density at radius 2 is 1.93 bits per heavy atom. The van der Waals surface area contributed by atoms with E-state index in [-0.39, 0.29) is 5.57 Å². The first kappa shape index (κ1) is 19.2. The lowest BCUT2D eigenvalue weighted by Gasteiger charge is -2.04. The topological polar surface area (TPSA) is 66.0 Å². The summed E-state index contributed by atoms with van der Waals surface area (Å²) in [6.07, 6.45) is 1.37. The third kappa shape index (κ3) is 4.61. The van der Waals surface area contributed by atoms with Gasteiger partial charge in [-0.15, -0.1) is 0 Å². The number of carbonyl (C=O) groups is 1. The van der Waals surface area contributed by atoms with Gasteiger partial charge in [0.25, 0.3) is 5.91 Å². The number of carbonyl (C=O) groups excluding carboxylic acids is 1. The van der Waals surface area contributed by atoms with Crippen molar-refractivity contribution in [2.75, 3.05) is 5.32 Å². The van der Waals surface area contributed by atoms with Crippen LogP contribution >= 0.6 is 39.1 Å². The van der Waals surface area contributed by atoms with Crippen LogP contribution in [0.25, 0.3) is 17.4 Å². The van der Waals surface area contributed by atoms with Gasteiger partial charge in [-0.25, -0.2) is 0 Å². The predicted molar refractivity (Wildman–Crippen MR) is 111 cm³/mol. The SMILES string of the molecule is N#C/C(=C\c1ccc(-c2cccc(Cl)c2Cl)o1)C(=O)Nc1cccc(Br)c1. The summed E-state index contributed by atoms with van der Waals surface area (Å²) in [4.78, 5) is 12.3. The van der Waals surface area contributed by atoms with Crippen LogP contribution in [0.3, 0.4) is 0 Å². The van der Waals surface area contributed by atoms with E-state index in [0.717, 1.165) is 4.47 Å².